The first-order valence-electron chi connectivity index (χ1n) is 14.5. The predicted octanol–water partition coefficient (Wildman–Crippen LogP) is 5.22. The molecule has 0 unspecified atom stereocenters. The molecule has 0 bridgehead atoms. The number of alkyl halides is 2. The third-order valence-corrected chi connectivity index (χ3v) is 10.4. The van der Waals surface area contributed by atoms with Crippen LogP contribution in [0.25, 0.3) is 0 Å². The van der Waals surface area contributed by atoms with Gasteiger partial charge in [-0.3, -0.25) is 4.79 Å². The summed E-state index contributed by atoms with van der Waals surface area (Å²) in [4.78, 5) is 12.4. The molecule has 2 saturated heterocycles. The van der Waals surface area contributed by atoms with Gasteiger partial charge in [-0.15, -0.1) is 0 Å². The van der Waals surface area contributed by atoms with Crippen LogP contribution >= 0.6 is 45.2 Å². The van der Waals surface area contributed by atoms with Crippen LogP contribution in [-0.4, -0.2) is 81.3 Å². The first kappa shape index (κ1) is 35.0. The number of methoxy groups -OCH3 is 1. The second-order valence-electron chi connectivity index (χ2n) is 11.4. The largest absolute Gasteiger partial charge is 0.456 e. The molecule has 2 aliphatic heterocycles. The van der Waals surface area contributed by atoms with Gasteiger partial charge in [0.05, 0.1) is 35.3 Å². The van der Waals surface area contributed by atoms with Crippen molar-refractivity contribution in [2.24, 2.45) is 5.92 Å². The molecular weight excluding hydrogens is 782 g/mol. The topological polar surface area (TPSA) is 102 Å². The van der Waals surface area contributed by atoms with E-state index in [1.165, 1.54) is 0 Å². The number of carbonyl (C=O) groups excluding carboxylic acids is 1. The number of ether oxygens (including phenoxy) is 7. The molecule has 0 saturated carbocycles. The highest BCUT2D eigenvalue weighted by Crippen LogP contribution is 2.40. The maximum absolute atomic E-state index is 12.4. The molecule has 0 radical (unpaired) electrons. The van der Waals surface area contributed by atoms with E-state index in [0.717, 1.165) is 11.1 Å². The molecule has 2 heterocycles. The van der Waals surface area contributed by atoms with E-state index in [0.29, 0.717) is 17.6 Å². The van der Waals surface area contributed by atoms with Crippen LogP contribution in [0.1, 0.15) is 38.8 Å². The van der Waals surface area contributed by atoms with Gasteiger partial charge in [0.25, 0.3) is 0 Å². The van der Waals surface area contributed by atoms with Crippen molar-refractivity contribution in [2.45, 2.75) is 99.6 Å². The number of hydrogen-bond acceptors (Lipinski definition) is 9. The van der Waals surface area contributed by atoms with E-state index in [-0.39, 0.29) is 12.0 Å². The molecule has 10 atom stereocenters. The predicted molar refractivity (Wildman–Crippen MR) is 177 cm³/mol. The summed E-state index contributed by atoms with van der Waals surface area (Å²) in [5, 5.41) is 11.6. The van der Waals surface area contributed by atoms with Gasteiger partial charge in [0.15, 0.2) is 18.7 Å². The fraction of sp³-hybridized carbons (Fsp3) is 0.594. The lowest BCUT2D eigenvalue weighted by Crippen LogP contribution is -2.67. The van der Waals surface area contributed by atoms with Crippen LogP contribution in [0, 0.1) is 5.92 Å². The Hall–Kier alpha value is -0.910. The molecular formula is C32H42I2O9. The first-order chi connectivity index (χ1) is 20.6. The molecule has 0 aliphatic carbocycles. The van der Waals surface area contributed by atoms with E-state index in [1.807, 2.05) is 60.7 Å². The summed E-state index contributed by atoms with van der Waals surface area (Å²) in [6.07, 6.45) is -5.40. The summed E-state index contributed by atoms with van der Waals surface area (Å²) in [6, 6.07) is 19.8. The summed E-state index contributed by atoms with van der Waals surface area (Å²) < 4.78 is 44.0. The maximum atomic E-state index is 12.4. The molecule has 11 heteroatoms. The standard InChI is InChI=1S/C32H42I2O9/c1-19(2)29(35)43-28-20(3)40-31(27(34)32(28,4)36)42-26-25(39-18-22-14-10-7-11-15-22)24(23(16-33)41-30(26)37-5)38-17-21-12-8-6-9-13-21/h6-15,19-20,23-28,30-31,36H,16-18H2,1-5H3/t20-,23+,24+,25-,26+,27-,28-,30-,31-,32-/m0/s1. The molecule has 2 aromatic carbocycles. The number of aliphatic hydroxyl groups is 1. The van der Waals surface area contributed by atoms with Gasteiger partial charge in [0.2, 0.25) is 0 Å². The van der Waals surface area contributed by atoms with E-state index in [1.54, 1.807) is 34.8 Å². The summed E-state index contributed by atoms with van der Waals surface area (Å²) in [6.45, 7) is 7.59. The minimum Gasteiger partial charge on any atom is -0.456 e. The highest BCUT2D eigenvalue weighted by molar-refractivity contribution is 14.1. The molecule has 0 amide bonds. The van der Waals surface area contributed by atoms with Gasteiger partial charge in [-0.2, -0.15) is 0 Å². The Morgan fingerprint density at radius 1 is 0.930 bits per heavy atom. The smallest absolute Gasteiger partial charge is 0.308 e. The van der Waals surface area contributed by atoms with Crippen LogP contribution in [0.3, 0.4) is 0 Å². The van der Waals surface area contributed by atoms with Crippen molar-refractivity contribution in [3.8, 4) is 0 Å². The zero-order valence-electron chi connectivity index (χ0n) is 25.1. The molecule has 2 aliphatic rings. The normalized spacial score (nSPS) is 34.7. The lowest BCUT2D eigenvalue weighted by molar-refractivity contribution is -0.353. The summed E-state index contributed by atoms with van der Waals surface area (Å²) >= 11 is 4.38. The monoisotopic (exact) mass is 824 g/mol. The number of carbonyl (C=O) groups is 1. The summed E-state index contributed by atoms with van der Waals surface area (Å²) in [5.41, 5.74) is 0.583. The van der Waals surface area contributed by atoms with Gasteiger partial charge in [0.1, 0.15) is 23.9 Å². The molecule has 9 nitrogen and oxygen atoms in total. The Kier molecular flexibility index (Phi) is 13.1. The highest BCUT2D eigenvalue weighted by Gasteiger charge is 2.56. The lowest BCUT2D eigenvalue weighted by Gasteiger charge is -2.50. The highest BCUT2D eigenvalue weighted by atomic mass is 127. The molecule has 1 N–H and O–H groups in total. The van der Waals surface area contributed by atoms with Crippen LogP contribution in [0.4, 0.5) is 0 Å². The summed E-state index contributed by atoms with van der Waals surface area (Å²) in [5.74, 6) is -0.742. The Bertz CT molecular complexity index is 1140. The van der Waals surface area contributed by atoms with E-state index >= 15 is 0 Å². The zero-order chi connectivity index (χ0) is 31.1. The van der Waals surface area contributed by atoms with Gasteiger partial charge >= 0.3 is 5.97 Å². The Labute approximate surface area is 281 Å². The molecule has 238 valence electrons. The van der Waals surface area contributed by atoms with Crippen molar-refractivity contribution >= 4 is 51.2 Å². The van der Waals surface area contributed by atoms with Gasteiger partial charge in [-0.1, -0.05) is 120 Å². The fourth-order valence-corrected chi connectivity index (χ4v) is 6.66. The minimum absolute atomic E-state index is 0.321. The van der Waals surface area contributed by atoms with Crippen LogP contribution in [0.15, 0.2) is 60.7 Å². The second-order valence-corrected chi connectivity index (χ2v) is 13.6. The van der Waals surface area contributed by atoms with E-state index in [9.17, 15) is 9.90 Å². The average molecular weight is 824 g/mol. The minimum atomic E-state index is -1.44. The Morgan fingerprint density at radius 3 is 2.00 bits per heavy atom. The van der Waals surface area contributed by atoms with Gasteiger partial charge in [-0.05, 0) is 25.0 Å². The van der Waals surface area contributed by atoms with Crippen molar-refractivity contribution in [3.63, 3.8) is 0 Å². The maximum Gasteiger partial charge on any atom is 0.308 e. The van der Waals surface area contributed by atoms with E-state index in [4.69, 9.17) is 33.2 Å². The average Bonchev–Trinajstić information content (AvgIpc) is 3.01. The zero-order valence-corrected chi connectivity index (χ0v) is 29.5. The van der Waals surface area contributed by atoms with Crippen molar-refractivity contribution in [1.29, 1.82) is 0 Å². The van der Waals surface area contributed by atoms with Crippen LogP contribution in [0.5, 0.6) is 0 Å². The molecule has 0 aromatic heterocycles. The number of benzene rings is 2. The van der Waals surface area contributed by atoms with Crippen LogP contribution < -0.4 is 0 Å². The summed E-state index contributed by atoms with van der Waals surface area (Å²) in [7, 11) is 1.56. The molecule has 4 rings (SSSR count). The van der Waals surface area contributed by atoms with E-state index < -0.39 is 58.6 Å². The third-order valence-electron chi connectivity index (χ3n) is 7.70. The number of esters is 1. The van der Waals surface area contributed by atoms with Gasteiger partial charge in [-0.25, -0.2) is 0 Å². The third kappa shape index (κ3) is 8.67. The fourth-order valence-electron chi connectivity index (χ4n) is 5.25. The number of hydrogen-bond donors (Lipinski definition) is 1. The molecule has 2 fully saturated rings. The van der Waals surface area contributed by atoms with Crippen LogP contribution in [0.2, 0.25) is 0 Å². The lowest BCUT2D eigenvalue weighted by atomic mass is 9.88. The van der Waals surface area contributed by atoms with Crippen molar-refractivity contribution in [2.75, 3.05) is 11.5 Å². The Balaban J connectivity index is 1.61. The van der Waals surface area contributed by atoms with E-state index in [2.05, 4.69) is 45.2 Å². The number of rotatable bonds is 12. The SMILES string of the molecule is CO[C@H]1O[C@H](CI)[C@@H](OCc2ccccc2)[C@H](OCc2ccccc2)[C@H]1O[C@@H]1O[C@@H](C)[C@H](OC(=O)C(C)C)[C@@](C)(O)[C@H]1I. The number of halogens is 2. The van der Waals surface area contributed by atoms with Crippen molar-refractivity contribution in [3.05, 3.63) is 71.8 Å². The second kappa shape index (κ2) is 16.1. The van der Waals surface area contributed by atoms with Crippen molar-refractivity contribution in [1.82, 2.24) is 0 Å². The van der Waals surface area contributed by atoms with Crippen LogP contribution in [-0.2, 0) is 51.2 Å². The first-order valence-corrected chi connectivity index (χ1v) is 17.3. The molecule has 0 spiro atoms. The molecule has 2 aromatic rings. The quantitative estimate of drug-likeness (QED) is 0.176. The van der Waals surface area contributed by atoms with Crippen molar-refractivity contribution < 1.29 is 43.1 Å². The van der Waals surface area contributed by atoms with Gasteiger partial charge < -0.3 is 38.3 Å². The van der Waals surface area contributed by atoms with Gasteiger partial charge in [0, 0.05) is 11.5 Å². The molecule has 43 heavy (non-hydrogen) atoms. The Morgan fingerprint density at radius 2 is 1.49 bits per heavy atom.